The van der Waals surface area contributed by atoms with Crippen LogP contribution in [0.5, 0.6) is 0 Å². The number of nitrogens with two attached hydrogens (primary N) is 1. The second-order valence-corrected chi connectivity index (χ2v) is 5.72. The van der Waals surface area contributed by atoms with Crippen molar-refractivity contribution in [2.24, 2.45) is 5.73 Å². The van der Waals surface area contributed by atoms with Gasteiger partial charge in [-0.15, -0.1) is 22.7 Å². The summed E-state index contributed by atoms with van der Waals surface area (Å²) in [7, 11) is 0. The average molecular weight is 277 g/mol. The van der Waals surface area contributed by atoms with Gasteiger partial charge in [0.2, 0.25) is 0 Å². The highest BCUT2D eigenvalue weighted by Crippen LogP contribution is 2.15. The van der Waals surface area contributed by atoms with Crippen LogP contribution in [0.4, 0.5) is 0 Å². The summed E-state index contributed by atoms with van der Waals surface area (Å²) < 4.78 is 5.66. The monoisotopic (exact) mass is 277 g/mol. The first-order valence-electron chi connectivity index (χ1n) is 5.75. The second kappa shape index (κ2) is 7.34. The topological polar surface area (TPSA) is 35.2 Å². The summed E-state index contributed by atoms with van der Waals surface area (Å²) in [5.41, 5.74) is 6.36. The van der Waals surface area contributed by atoms with Gasteiger partial charge < -0.3 is 10.5 Å². The molecule has 0 saturated heterocycles. The molecule has 2 rings (SSSR count). The Kier molecular flexibility index (Phi) is 5.43. The Morgan fingerprint density at radius 1 is 1.28 bits per heavy atom. The molecule has 18 heavy (non-hydrogen) atoms. The van der Waals surface area contributed by atoms with Crippen LogP contribution < -0.4 is 5.73 Å². The van der Waals surface area contributed by atoms with E-state index < -0.39 is 0 Å². The summed E-state index contributed by atoms with van der Waals surface area (Å²) in [6, 6.07) is 6.28. The third-order valence-corrected chi connectivity index (χ3v) is 4.15. The van der Waals surface area contributed by atoms with Crippen LogP contribution in [0.25, 0.3) is 0 Å². The van der Waals surface area contributed by atoms with Gasteiger partial charge >= 0.3 is 0 Å². The number of hydrogen-bond donors (Lipinski definition) is 1. The van der Waals surface area contributed by atoms with Gasteiger partial charge in [-0.25, -0.2) is 0 Å². The highest BCUT2D eigenvalue weighted by atomic mass is 32.1. The normalized spacial score (nSPS) is 10.1. The van der Waals surface area contributed by atoms with Crippen molar-refractivity contribution >= 4 is 22.7 Å². The van der Waals surface area contributed by atoms with Gasteiger partial charge in [0.1, 0.15) is 0 Å². The Balaban J connectivity index is 1.71. The Labute approximate surface area is 115 Å². The van der Waals surface area contributed by atoms with Crippen molar-refractivity contribution in [2.75, 3.05) is 13.2 Å². The fourth-order valence-corrected chi connectivity index (χ4v) is 2.92. The standard InChI is InChI=1S/C14H15NOS2/c15-6-1-3-12-9-14(18-11-12)10-16-7-5-13-4-2-8-17-13/h2,4,8-9,11H,5-7,10,15H2. The zero-order valence-corrected chi connectivity index (χ0v) is 11.7. The molecule has 0 aliphatic heterocycles. The van der Waals surface area contributed by atoms with Crippen LogP contribution in [0, 0.1) is 11.8 Å². The smallest absolute Gasteiger partial charge is 0.0809 e. The number of hydrogen-bond acceptors (Lipinski definition) is 4. The third kappa shape index (κ3) is 4.28. The Morgan fingerprint density at radius 2 is 2.22 bits per heavy atom. The molecule has 2 N–H and O–H groups in total. The first kappa shape index (κ1) is 13.3. The lowest BCUT2D eigenvalue weighted by atomic mass is 10.3. The molecule has 0 spiro atoms. The maximum atomic E-state index is 5.66. The molecule has 2 aromatic rings. The largest absolute Gasteiger partial charge is 0.376 e. The van der Waals surface area contributed by atoms with Gasteiger partial charge in [0.15, 0.2) is 0 Å². The predicted molar refractivity (Wildman–Crippen MR) is 77.9 cm³/mol. The lowest BCUT2D eigenvalue weighted by Gasteiger charge is -2.00. The minimum atomic E-state index is 0.405. The zero-order chi connectivity index (χ0) is 12.6. The maximum absolute atomic E-state index is 5.66. The molecule has 0 radical (unpaired) electrons. The van der Waals surface area contributed by atoms with Crippen LogP contribution in [-0.4, -0.2) is 13.2 Å². The van der Waals surface area contributed by atoms with Crippen molar-refractivity contribution in [1.82, 2.24) is 0 Å². The molecule has 0 aromatic carbocycles. The van der Waals surface area contributed by atoms with Gasteiger partial charge in [-0.1, -0.05) is 17.9 Å². The quantitative estimate of drug-likeness (QED) is 0.674. The van der Waals surface area contributed by atoms with E-state index in [4.69, 9.17) is 10.5 Å². The average Bonchev–Trinajstić information content (AvgIpc) is 3.04. The Hall–Kier alpha value is -1.12. The van der Waals surface area contributed by atoms with Crippen LogP contribution in [0.3, 0.4) is 0 Å². The fourth-order valence-electron chi connectivity index (χ4n) is 1.48. The molecule has 0 saturated carbocycles. The van der Waals surface area contributed by atoms with Crippen molar-refractivity contribution in [1.29, 1.82) is 0 Å². The zero-order valence-electron chi connectivity index (χ0n) is 10.0. The van der Waals surface area contributed by atoms with Gasteiger partial charge in [0.25, 0.3) is 0 Å². The predicted octanol–water partition coefficient (Wildman–Crippen LogP) is 2.88. The summed E-state index contributed by atoms with van der Waals surface area (Å²) in [5, 5.41) is 4.14. The lowest BCUT2D eigenvalue weighted by Crippen LogP contribution is -1.96. The summed E-state index contributed by atoms with van der Waals surface area (Å²) in [4.78, 5) is 2.58. The molecule has 0 unspecified atom stereocenters. The summed E-state index contributed by atoms with van der Waals surface area (Å²) in [6.07, 6.45) is 0.989. The second-order valence-electron chi connectivity index (χ2n) is 3.69. The molecular weight excluding hydrogens is 262 g/mol. The van der Waals surface area contributed by atoms with Crippen molar-refractivity contribution < 1.29 is 4.74 Å². The van der Waals surface area contributed by atoms with E-state index in [1.807, 2.05) is 5.38 Å². The number of ether oxygens (including phenoxy) is 1. The minimum Gasteiger partial charge on any atom is -0.376 e. The molecule has 0 aliphatic carbocycles. The molecule has 94 valence electrons. The summed E-state index contributed by atoms with van der Waals surface area (Å²) in [5.74, 6) is 5.87. The van der Waals surface area contributed by atoms with Crippen molar-refractivity contribution in [3.8, 4) is 11.8 Å². The lowest BCUT2D eigenvalue weighted by molar-refractivity contribution is 0.126. The maximum Gasteiger partial charge on any atom is 0.0809 e. The molecule has 0 bridgehead atoms. The minimum absolute atomic E-state index is 0.405. The molecule has 2 aromatic heterocycles. The van der Waals surface area contributed by atoms with Crippen molar-refractivity contribution in [3.05, 3.63) is 44.3 Å². The van der Waals surface area contributed by atoms with Gasteiger partial charge in [-0.3, -0.25) is 0 Å². The van der Waals surface area contributed by atoms with E-state index in [1.54, 1.807) is 22.7 Å². The van der Waals surface area contributed by atoms with E-state index in [2.05, 4.69) is 35.4 Å². The molecular formula is C14H15NOS2. The van der Waals surface area contributed by atoms with Crippen LogP contribution in [0.1, 0.15) is 15.3 Å². The van der Waals surface area contributed by atoms with E-state index in [0.29, 0.717) is 13.2 Å². The Morgan fingerprint density at radius 3 is 3.00 bits per heavy atom. The van der Waals surface area contributed by atoms with Crippen LogP contribution in [0.15, 0.2) is 29.0 Å². The van der Waals surface area contributed by atoms with E-state index >= 15 is 0 Å². The Bertz CT molecular complexity index is 519. The molecule has 0 amide bonds. The van der Waals surface area contributed by atoms with Gasteiger partial charge in [0.05, 0.1) is 19.8 Å². The van der Waals surface area contributed by atoms with E-state index in [0.717, 1.165) is 18.6 Å². The molecule has 0 atom stereocenters. The van der Waals surface area contributed by atoms with Crippen LogP contribution in [-0.2, 0) is 17.8 Å². The summed E-state index contributed by atoms with van der Waals surface area (Å²) in [6.45, 7) is 1.84. The van der Waals surface area contributed by atoms with Gasteiger partial charge in [0, 0.05) is 27.1 Å². The van der Waals surface area contributed by atoms with Gasteiger partial charge in [-0.05, 0) is 17.5 Å². The first-order chi connectivity index (χ1) is 8.88. The molecule has 4 heteroatoms. The van der Waals surface area contributed by atoms with Crippen LogP contribution >= 0.6 is 22.7 Å². The molecule has 0 fully saturated rings. The molecule has 2 nitrogen and oxygen atoms in total. The van der Waals surface area contributed by atoms with E-state index in [9.17, 15) is 0 Å². The van der Waals surface area contributed by atoms with Crippen LogP contribution in [0.2, 0.25) is 0 Å². The van der Waals surface area contributed by atoms with Crippen molar-refractivity contribution in [3.63, 3.8) is 0 Å². The number of thiophene rings is 2. The third-order valence-electron chi connectivity index (χ3n) is 2.31. The SMILES string of the molecule is NCC#Cc1csc(COCCc2cccs2)c1. The van der Waals surface area contributed by atoms with E-state index in [1.165, 1.54) is 9.75 Å². The first-order valence-corrected chi connectivity index (χ1v) is 7.51. The van der Waals surface area contributed by atoms with Crippen molar-refractivity contribution in [2.45, 2.75) is 13.0 Å². The highest BCUT2D eigenvalue weighted by Gasteiger charge is 1.99. The van der Waals surface area contributed by atoms with Gasteiger partial charge in [-0.2, -0.15) is 0 Å². The summed E-state index contributed by atoms with van der Waals surface area (Å²) >= 11 is 3.46. The van der Waals surface area contributed by atoms with E-state index in [-0.39, 0.29) is 0 Å². The fraction of sp³-hybridized carbons (Fsp3) is 0.286. The molecule has 0 aliphatic rings. The molecule has 2 heterocycles. The highest BCUT2D eigenvalue weighted by molar-refractivity contribution is 7.10. The number of rotatable bonds is 5.